The van der Waals surface area contributed by atoms with E-state index in [1.54, 1.807) is 0 Å². The monoisotopic (exact) mass is 231 g/mol. The van der Waals surface area contributed by atoms with Crippen molar-refractivity contribution in [3.8, 4) is 0 Å². The van der Waals surface area contributed by atoms with Crippen molar-refractivity contribution in [3.05, 3.63) is 35.4 Å². The predicted octanol–water partition coefficient (Wildman–Crippen LogP) is 0.218. The molecule has 0 aliphatic carbocycles. The van der Waals surface area contributed by atoms with Crippen molar-refractivity contribution in [2.24, 2.45) is 5.73 Å². The van der Waals surface area contributed by atoms with Gasteiger partial charge in [-0.25, -0.2) is 0 Å². The molecule has 3 saturated heterocycles. The number of hydrogen-bond donors (Lipinski definition) is 2. The molecule has 1 amide bonds. The number of nitrogens with two attached hydrogens (primary N) is 1. The van der Waals surface area contributed by atoms with Crippen molar-refractivity contribution in [2.75, 3.05) is 6.54 Å². The number of benzene rings is 1. The zero-order valence-electron chi connectivity index (χ0n) is 9.73. The van der Waals surface area contributed by atoms with Crippen molar-refractivity contribution in [1.82, 2.24) is 10.2 Å². The molecule has 3 heterocycles. The van der Waals surface area contributed by atoms with Crippen LogP contribution in [0.1, 0.15) is 17.5 Å². The van der Waals surface area contributed by atoms with E-state index in [2.05, 4.69) is 17.4 Å². The summed E-state index contributed by atoms with van der Waals surface area (Å²) < 4.78 is 0. The third-order valence-electron chi connectivity index (χ3n) is 3.61. The average Bonchev–Trinajstić information content (AvgIpc) is 2.30. The second-order valence-corrected chi connectivity index (χ2v) is 4.89. The van der Waals surface area contributed by atoms with E-state index < -0.39 is 0 Å². The van der Waals surface area contributed by atoms with Crippen LogP contribution in [-0.2, 0) is 17.9 Å². The van der Waals surface area contributed by atoms with Crippen LogP contribution in [0, 0.1) is 0 Å². The fourth-order valence-corrected chi connectivity index (χ4v) is 2.64. The number of nitrogens with zero attached hydrogens (tertiary/aromatic N) is 1. The number of nitrogens with one attached hydrogen (secondary N) is 1. The molecule has 0 spiro atoms. The maximum Gasteiger partial charge on any atom is 0.240 e. The smallest absolute Gasteiger partial charge is 0.240 e. The van der Waals surface area contributed by atoms with E-state index in [0.29, 0.717) is 19.1 Å². The van der Waals surface area contributed by atoms with Gasteiger partial charge in [-0.15, -0.1) is 0 Å². The Balaban J connectivity index is 1.71. The topological polar surface area (TPSA) is 58.4 Å². The SMILES string of the molecule is NCc1cccc(CN2CC3CC(N3)C2=O)c1. The number of carbonyl (C=O) groups excluding carboxylic acids is 1. The van der Waals surface area contributed by atoms with Gasteiger partial charge in [0.05, 0.1) is 6.04 Å². The molecule has 0 radical (unpaired) electrons. The fourth-order valence-electron chi connectivity index (χ4n) is 2.64. The highest BCUT2D eigenvalue weighted by Crippen LogP contribution is 2.23. The Morgan fingerprint density at radius 2 is 2.18 bits per heavy atom. The highest BCUT2D eigenvalue weighted by Gasteiger charge is 2.42. The summed E-state index contributed by atoms with van der Waals surface area (Å²) >= 11 is 0. The average molecular weight is 231 g/mol. The molecule has 4 nitrogen and oxygen atoms in total. The van der Waals surface area contributed by atoms with Crippen molar-refractivity contribution in [3.63, 3.8) is 0 Å². The minimum Gasteiger partial charge on any atom is -0.335 e. The first kappa shape index (κ1) is 10.7. The third-order valence-corrected chi connectivity index (χ3v) is 3.61. The lowest BCUT2D eigenvalue weighted by molar-refractivity contribution is -0.143. The molecule has 2 unspecified atom stereocenters. The van der Waals surface area contributed by atoms with Crippen LogP contribution in [0.15, 0.2) is 24.3 Å². The summed E-state index contributed by atoms with van der Waals surface area (Å²) in [5, 5.41) is 3.26. The number of amides is 1. The van der Waals surface area contributed by atoms with E-state index >= 15 is 0 Å². The summed E-state index contributed by atoms with van der Waals surface area (Å²) in [4.78, 5) is 13.9. The first-order chi connectivity index (χ1) is 8.26. The third kappa shape index (κ3) is 1.94. The zero-order valence-corrected chi connectivity index (χ0v) is 9.73. The maximum atomic E-state index is 12.0. The molecule has 4 rings (SSSR count). The molecule has 17 heavy (non-hydrogen) atoms. The molecule has 90 valence electrons. The van der Waals surface area contributed by atoms with Crippen LogP contribution in [0.3, 0.4) is 0 Å². The molecule has 4 heteroatoms. The van der Waals surface area contributed by atoms with E-state index in [1.165, 1.54) is 5.56 Å². The summed E-state index contributed by atoms with van der Waals surface area (Å²) in [6.45, 7) is 2.10. The standard InChI is InChI=1S/C13H17N3O/c14-6-9-2-1-3-10(4-9)7-16-8-11-5-12(15-11)13(16)17/h1-4,11-12,15H,5-8,14H2. The van der Waals surface area contributed by atoms with Gasteiger partial charge in [-0.1, -0.05) is 24.3 Å². The molecule has 2 bridgehead atoms. The van der Waals surface area contributed by atoms with E-state index in [4.69, 9.17) is 5.73 Å². The number of piperazine rings is 1. The van der Waals surface area contributed by atoms with Crippen molar-refractivity contribution in [2.45, 2.75) is 31.6 Å². The highest BCUT2D eigenvalue weighted by atomic mass is 16.2. The summed E-state index contributed by atoms with van der Waals surface area (Å²) in [6, 6.07) is 8.74. The number of piperidine rings is 1. The lowest BCUT2D eigenvalue weighted by Crippen LogP contribution is -2.69. The first-order valence-electron chi connectivity index (χ1n) is 6.09. The molecule has 0 saturated carbocycles. The quantitative estimate of drug-likeness (QED) is 0.782. The molecule has 1 aromatic rings. The van der Waals surface area contributed by atoms with Crippen LogP contribution in [0.4, 0.5) is 0 Å². The van der Waals surface area contributed by atoms with Gasteiger partial charge in [-0.05, 0) is 17.5 Å². The molecule has 2 atom stereocenters. The van der Waals surface area contributed by atoms with Crippen LogP contribution < -0.4 is 11.1 Å². The van der Waals surface area contributed by atoms with Gasteiger partial charge in [-0.2, -0.15) is 0 Å². The van der Waals surface area contributed by atoms with Gasteiger partial charge in [0.15, 0.2) is 0 Å². The number of rotatable bonds is 3. The van der Waals surface area contributed by atoms with Crippen LogP contribution in [0.5, 0.6) is 0 Å². The lowest BCUT2D eigenvalue weighted by Gasteiger charge is -2.47. The Bertz CT molecular complexity index is 440. The summed E-state index contributed by atoms with van der Waals surface area (Å²) in [5.74, 6) is 0.241. The molecule has 3 N–H and O–H groups in total. The number of fused-ring (bicyclic) bond motifs is 2. The van der Waals surface area contributed by atoms with Gasteiger partial charge >= 0.3 is 0 Å². The van der Waals surface area contributed by atoms with Gasteiger partial charge in [0.25, 0.3) is 0 Å². The molecule has 3 fully saturated rings. The second kappa shape index (κ2) is 4.13. The molecule has 0 aromatic heterocycles. The molecular formula is C13H17N3O. The Morgan fingerprint density at radius 1 is 1.41 bits per heavy atom. The molecule has 3 aliphatic heterocycles. The fraction of sp³-hybridized carbons (Fsp3) is 0.462. The van der Waals surface area contributed by atoms with Crippen LogP contribution in [0.25, 0.3) is 0 Å². The van der Waals surface area contributed by atoms with Crippen LogP contribution in [-0.4, -0.2) is 29.4 Å². The van der Waals surface area contributed by atoms with Gasteiger partial charge in [-0.3, -0.25) is 4.79 Å². The van der Waals surface area contributed by atoms with Gasteiger partial charge < -0.3 is 16.0 Å². The van der Waals surface area contributed by atoms with E-state index in [0.717, 1.165) is 18.5 Å². The predicted molar refractivity (Wildman–Crippen MR) is 65.1 cm³/mol. The van der Waals surface area contributed by atoms with E-state index in [-0.39, 0.29) is 11.9 Å². The normalized spacial score (nSPS) is 26.9. The second-order valence-electron chi connectivity index (χ2n) is 4.89. The Hall–Kier alpha value is -1.39. The summed E-state index contributed by atoms with van der Waals surface area (Å²) in [7, 11) is 0. The van der Waals surface area contributed by atoms with Crippen molar-refractivity contribution in [1.29, 1.82) is 0 Å². The molecule has 1 aromatic carbocycles. The Morgan fingerprint density at radius 3 is 2.88 bits per heavy atom. The lowest BCUT2D eigenvalue weighted by atomic mass is 9.90. The first-order valence-corrected chi connectivity index (χ1v) is 6.09. The number of carbonyl (C=O) groups is 1. The summed E-state index contributed by atoms with van der Waals surface area (Å²) in [6.07, 6.45) is 1.01. The molecular weight excluding hydrogens is 214 g/mol. The minimum atomic E-state index is 0.0754. The van der Waals surface area contributed by atoms with Crippen molar-refractivity contribution < 1.29 is 4.79 Å². The Labute approximate surface area is 101 Å². The van der Waals surface area contributed by atoms with Gasteiger partial charge in [0, 0.05) is 25.7 Å². The number of hydrogen-bond acceptors (Lipinski definition) is 3. The van der Waals surface area contributed by atoms with Crippen LogP contribution >= 0.6 is 0 Å². The summed E-state index contributed by atoms with van der Waals surface area (Å²) in [5.41, 5.74) is 7.91. The van der Waals surface area contributed by atoms with E-state index in [1.807, 2.05) is 17.0 Å². The zero-order chi connectivity index (χ0) is 11.8. The largest absolute Gasteiger partial charge is 0.335 e. The van der Waals surface area contributed by atoms with Gasteiger partial charge in [0.1, 0.15) is 0 Å². The van der Waals surface area contributed by atoms with Gasteiger partial charge in [0.2, 0.25) is 5.91 Å². The maximum absolute atomic E-state index is 12.0. The highest BCUT2D eigenvalue weighted by molar-refractivity contribution is 5.84. The minimum absolute atomic E-state index is 0.0754. The van der Waals surface area contributed by atoms with Crippen LogP contribution in [0.2, 0.25) is 0 Å². The van der Waals surface area contributed by atoms with Crippen molar-refractivity contribution >= 4 is 5.91 Å². The van der Waals surface area contributed by atoms with E-state index in [9.17, 15) is 4.79 Å². The molecule has 3 aliphatic rings. The Kier molecular flexibility index (Phi) is 2.61.